The second-order valence-corrected chi connectivity index (χ2v) is 3.97. The van der Waals surface area contributed by atoms with E-state index in [2.05, 4.69) is 39.3 Å². The Morgan fingerprint density at radius 2 is 1.94 bits per heavy atom. The van der Waals surface area contributed by atoms with Crippen molar-refractivity contribution >= 4 is 22.7 Å². The lowest BCUT2D eigenvalue weighted by molar-refractivity contribution is 1.30. The molecule has 0 atom stereocenters. The molecule has 4 nitrogen and oxygen atoms in total. The molecule has 0 unspecified atom stereocenters. The first-order valence-corrected chi connectivity index (χ1v) is 5.45. The molecule has 0 spiro atoms. The van der Waals surface area contributed by atoms with Crippen LogP contribution in [0.3, 0.4) is 0 Å². The van der Waals surface area contributed by atoms with Gasteiger partial charge in [0.15, 0.2) is 0 Å². The van der Waals surface area contributed by atoms with Crippen molar-refractivity contribution in [2.75, 3.05) is 5.32 Å². The summed E-state index contributed by atoms with van der Waals surface area (Å²) in [4.78, 5) is 11.6. The summed E-state index contributed by atoms with van der Waals surface area (Å²) in [5, 5.41) is 3.23. The van der Waals surface area contributed by atoms with Gasteiger partial charge in [0.2, 0.25) is 5.95 Å². The van der Waals surface area contributed by atoms with Crippen molar-refractivity contribution in [3.05, 3.63) is 48.3 Å². The van der Waals surface area contributed by atoms with Gasteiger partial charge in [-0.1, -0.05) is 17.7 Å². The molecule has 17 heavy (non-hydrogen) atoms. The summed E-state index contributed by atoms with van der Waals surface area (Å²) in [5.74, 6) is 0.733. The molecule has 0 aliphatic rings. The number of hydrogen-bond acceptors (Lipinski definition) is 3. The van der Waals surface area contributed by atoms with Crippen LogP contribution in [-0.4, -0.2) is 15.0 Å². The van der Waals surface area contributed by atoms with Crippen LogP contribution in [0.5, 0.6) is 0 Å². The Morgan fingerprint density at radius 1 is 1.12 bits per heavy atom. The van der Waals surface area contributed by atoms with Gasteiger partial charge in [-0.2, -0.15) is 0 Å². The molecule has 0 saturated carbocycles. The Hall–Kier alpha value is -2.36. The van der Waals surface area contributed by atoms with E-state index in [9.17, 15) is 0 Å². The monoisotopic (exact) mass is 224 g/mol. The molecule has 0 aliphatic carbocycles. The van der Waals surface area contributed by atoms with E-state index in [0.717, 1.165) is 22.7 Å². The smallest absolute Gasteiger partial charge is 0.205 e. The highest BCUT2D eigenvalue weighted by atomic mass is 15.1. The molecule has 0 fully saturated rings. The van der Waals surface area contributed by atoms with Gasteiger partial charge in [-0.05, 0) is 25.1 Å². The number of nitrogens with one attached hydrogen (secondary N) is 2. The number of aromatic nitrogens is 3. The van der Waals surface area contributed by atoms with Crippen molar-refractivity contribution in [3.8, 4) is 0 Å². The van der Waals surface area contributed by atoms with Gasteiger partial charge in [0, 0.05) is 11.9 Å². The topological polar surface area (TPSA) is 53.6 Å². The average molecular weight is 224 g/mol. The first kappa shape index (κ1) is 9.84. The number of anilines is 2. The molecule has 4 heteroatoms. The molecule has 84 valence electrons. The normalized spacial score (nSPS) is 10.6. The number of pyridine rings is 1. The first-order valence-electron chi connectivity index (χ1n) is 5.45. The molecule has 0 aliphatic heterocycles. The van der Waals surface area contributed by atoms with Crippen LogP contribution in [0, 0.1) is 6.92 Å². The van der Waals surface area contributed by atoms with Crippen LogP contribution in [0.4, 0.5) is 11.6 Å². The second kappa shape index (κ2) is 3.90. The van der Waals surface area contributed by atoms with Crippen LogP contribution in [0.2, 0.25) is 0 Å². The molecule has 2 aromatic heterocycles. The first-order chi connectivity index (χ1) is 8.31. The number of aromatic amines is 1. The number of rotatable bonds is 2. The largest absolute Gasteiger partial charge is 0.326 e. The van der Waals surface area contributed by atoms with Gasteiger partial charge in [0.25, 0.3) is 0 Å². The second-order valence-electron chi connectivity index (χ2n) is 3.97. The predicted molar refractivity (Wildman–Crippen MR) is 68.4 cm³/mol. The summed E-state index contributed by atoms with van der Waals surface area (Å²) in [6.45, 7) is 2.07. The molecular weight excluding hydrogens is 212 g/mol. The van der Waals surface area contributed by atoms with Crippen molar-refractivity contribution in [3.63, 3.8) is 0 Å². The summed E-state index contributed by atoms with van der Waals surface area (Å²) in [6.07, 6.45) is 3.50. The lowest BCUT2D eigenvalue weighted by Gasteiger charge is -2.02. The summed E-state index contributed by atoms with van der Waals surface area (Å²) >= 11 is 0. The minimum atomic E-state index is 0.733. The standard InChI is InChI=1S/C13H12N4/c1-9-2-4-10(5-3-9)15-13-16-11-6-7-14-8-12(11)17-13/h2-8H,1H3,(H2,15,16,17). The minimum absolute atomic E-state index is 0.733. The molecule has 2 heterocycles. The van der Waals surface area contributed by atoms with E-state index in [0.29, 0.717) is 0 Å². The number of imidazole rings is 1. The fourth-order valence-corrected chi connectivity index (χ4v) is 1.69. The van der Waals surface area contributed by atoms with Gasteiger partial charge in [-0.25, -0.2) is 4.98 Å². The Balaban J connectivity index is 1.92. The Morgan fingerprint density at radius 3 is 2.71 bits per heavy atom. The Bertz CT molecular complexity index is 607. The maximum atomic E-state index is 4.42. The number of nitrogens with zero attached hydrogens (tertiary/aromatic N) is 2. The summed E-state index contributed by atoms with van der Waals surface area (Å²) < 4.78 is 0. The average Bonchev–Trinajstić information content (AvgIpc) is 2.74. The summed E-state index contributed by atoms with van der Waals surface area (Å²) in [7, 11) is 0. The van der Waals surface area contributed by atoms with Crippen LogP contribution >= 0.6 is 0 Å². The quantitative estimate of drug-likeness (QED) is 0.703. The third-order valence-electron chi connectivity index (χ3n) is 2.60. The zero-order valence-corrected chi connectivity index (χ0v) is 9.44. The maximum Gasteiger partial charge on any atom is 0.205 e. The van der Waals surface area contributed by atoms with Crippen molar-refractivity contribution in [2.24, 2.45) is 0 Å². The predicted octanol–water partition coefficient (Wildman–Crippen LogP) is 3.01. The molecule has 0 amide bonds. The molecular formula is C13H12N4. The summed E-state index contributed by atoms with van der Waals surface area (Å²) in [6, 6.07) is 10.1. The Labute approximate surface area is 98.7 Å². The molecule has 0 saturated heterocycles. The highest BCUT2D eigenvalue weighted by Crippen LogP contribution is 2.17. The van der Waals surface area contributed by atoms with Gasteiger partial charge >= 0.3 is 0 Å². The molecule has 2 N–H and O–H groups in total. The van der Waals surface area contributed by atoms with E-state index in [-0.39, 0.29) is 0 Å². The fraction of sp³-hybridized carbons (Fsp3) is 0.0769. The number of hydrogen-bond donors (Lipinski definition) is 2. The molecule has 3 aromatic rings. The molecule has 3 rings (SSSR count). The number of benzene rings is 1. The highest BCUT2D eigenvalue weighted by molar-refractivity contribution is 5.77. The van der Waals surface area contributed by atoms with E-state index in [1.54, 1.807) is 12.4 Å². The van der Waals surface area contributed by atoms with Gasteiger partial charge in [-0.3, -0.25) is 4.98 Å². The molecule has 1 aromatic carbocycles. The van der Waals surface area contributed by atoms with Crippen molar-refractivity contribution < 1.29 is 0 Å². The lowest BCUT2D eigenvalue weighted by atomic mass is 10.2. The van der Waals surface area contributed by atoms with E-state index in [4.69, 9.17) is 0 Å². The molecule has 0 radical (unpaired) electrons. The zero-order chi connectivity index (χ0) is 11.7. The van der Waals surface area contributed by atoms with Crippen LogP contribution in [0.1, 0.15) is 5.56 Å². The van der Waals surface area contributed by atoms with Gasteiger partial charge in [-0.15, -0.1) is 0 Å². The van der Waals surface area contributed by atoms with Crippen molar-refractivity contribution in [2.45, 2.75) is 6.92 Å². The van der Waals surface area contributed by atoms with Crippen molar-refractivity contribution in [1.29, 1.82) is 0 Å². The van der Waals surface area contributed by atoms with Crippen LogP contribution in [-0.2, 0) is 0 Å². The van der Waals surface area contributed by atoms with Crippen molar-refractivity contribution in [1.82, 2.24) is 15.0 Å². The third kappa shape index (κ3) is 1.97. The third-order valence-corrected chi connectivity index (χ3v) is 2.60. The number of H-pyrrole nitrogens is 1. The zero-order valence-electron chi connectivity index (χ0n) is 9.44. The SMILES string of the molecule is Cc1ccc(Nc2nc3ccncc3[nH]2)cc1. The van der Waals surface area contributed by atoms with Gasteiger partial charge in [0.1, 0.15) is 0 Å². The highest BCUT2D eigenvalue weighted by Gasteiger charge is 2.01. The van der Waals surface area contributed by atoms with Gasteiger partial charge < -0.3 is 10.3 Å². The van der Waals surface area contributed by atoms with Crippen LogP contribution in [0.25, 0.3) is 11.0 Å². The van der Waals surface area contributed by atoms with Crippen LogP contribution < -0.4 is 5.32 Å². The fourth-order valence-electron chi connectivity index (χ4n) is 1.69. The number of fused-ring (bicyclic) bond motifs is 1. The minimum Gasteiger partial charge on any atom is -0.326 e. The number of aryl methyl sites for hydroxylation is 1. The van der Waals surface area contributed by atoms with E-state index in [1.165, 1.54) is 5.56 Å². The Kier molecular flexibility index (Phi) is 2.26. The van der Waals surface area contributed by atoms with E-state index >= 15 is 0 Å². The van der Waals surface area contributed by atoms with Gasteiger partial charge in [0.05, 0.1) is 17.2 Å². The van der Waals surface area contributed by atoms with Crippen LogP contribution in [0.15, 0.2) is 42.7 Å². The lowest BCUT2D eigenvalue weighted by Crippen LogP contribution is -1.91. The van der Waals surface area contributed by atoms with E-state index < -0.39 is 0 Å². The van der Waals surface area contributed by atoms with E-state index in [1.807, 2.05) is 18.2 Å². The summed E-state index contributed by atoms with van der Waals surface area (Å²) in [5.41, 5.74) is 4.10. The molecule has 0 bridgehead atoms. The maximum absolute atomic E-state index is 4.42.